The summed E-state index contributed by atoms with van der Waals surface area (Å²) in [6.07, 6.45) is 4.17. The molecule has 3 aromatic rings. The number of benzene rings is 3. The van der Waals surface area contributed by atoms with Crippen LogP contribution in [0.5, 0.6) is 0 Å². The van der Waals surface area contributed by atoms with Crippen molar-refractivity contribution in [3.05, 3.63) is 89.5 Å². The number of carbonyl (C=O) groups excluding carboxylic acids is 2. The van der Waals surface area contributed by atoms with Crippen LogP contribution in [0, 0.1) is 5.92 Å². The number of nitrogens with one attached hydrogen (secondary N) is 1. The van der Waals surface area contributed by atoms with Gasteiger partial charge in [0.15, 0.2) is 5.78 Å². The average molecular weight is 416 g/mol. The molecule has 0 aromatic heterocycles. The summed E-state index contributed by atoms with van der Waals surface area (Å²) < 4.78 is 0. The minimum absolute atomic E-state index is 0.112. The van der Waals surface area contributed by atoms with Crippen LogP contribution in [0.3, 0.4) is 0 Å². The molecule has 0 radical (unpaired) electrons. The van der Waals surface area contributed by atoms with Gasteiger partial charge in [0.05, 0.1) is 0 Å². The lowest BCUT2D eigenvalue weighted by Crippen LogP contribution is -2.21. The topological polar surface area (TPSA) is 66.4 Å². The van der Waals surface area contributed by atoms with E-state index in [0.717, 1.165) is 48.8 Å². The van der Waals surface area contributed by atoms with Gasteiger partial charge in [-0.3, -0.25) is 9.59 Å². The van der Waals surface area contributed by atoms with Crippen LogP contribution >= 0.6 is 0 Å². The minimum Gasteiger partial charge on any atom is -0.400 e. The summed E-state index contributed by atoms with van der Waals surface area (Å²) in [5, 5.41) is 9.94. The molecule has 0 atom stereocenters. The number of anilines is 1. The number of amides is 1. The lowest BCUT2D eigenvalue weighted by Gasteiger charge is -2.23. The highest BCUT2D eigenvalue weighted by Crippen LogP contribution is 2.30. The van der Waals surface area contributed by atoms with Crippen molar-refractivity contribution in [3.63, 3.8) is 0 Å². The van der Waals surface area contributed by atoms with Crippen molar-refractivity contribution < 1.29 is 14.7 Å². The molecule has 1 amide bonds. The van der Waals surface area contributed by atoms with Crippen LogP contribution in [0.4, 0.5) is 5.69 Å². The van der Waals surface area contributed by atoms with Gasteiger partial charge in [0.1, 0.15) is 0 Å². The van der Waals surface area contributed by atoms with Gasteiger partial charge in [-0.2, -0.15) is 0 Å². The number of hydrogen-bond acceptors (Lipinski definition) is 3. The Hall–Kier alpha value is -3.24. The van der Waals surface area contributed by atoms with Gasteiger partial charge in [0.2, 0.25) is 0 Å². The molecule has 1 aliphatic rings. The maximum absolute atomic E-state index is 12.4. The summed E-state index contributed by atoms with van der Waals surface area (Å²) in [7, 11) is 1.00. The van der Waals surface area contributed by atoms with Crippen molar-refractivity contribution in [2.24, 2.45) is 5.92 Å². The molecule has 0 bridgehead atoms. The molecule has 0 unspecified atom stereocenters. The van der Waals surface area contributed by atoms with Gasteiger partial charge >= 0.3 is 0 Å². The number of carbonyl (C=O) groups is 2. The molecule has 0 heterocycles. The number of ketones is 1. The number of hydrogen-bond donors (Lipinski definition) is 2. The second-order valence-electron chi connectivity index (χ2n) is 7.65. The van der Waals surface area contributed by atoms with Crippen LogP contribution in [0.25, 0.3) is 11.1 Å². The number of aliphatic hydroxyl groups is 1. The van der Waals surface area contributed by atoms with E-state index < -0.39 is 0 Å². The van der Waals surface area contributed by atoms with Crippen molar-refractivity contribution in [1.29, 1.82) is 0 Å². The molecule has 3 aromatic carbocycles. The standard InChI is InChI=1S/C26H25NO2.CH4O/c1-2-18-6-8-23(9-7-18)26(29)27-24-16-14-20(15-17-24)19-10-12-22(13-11-19)25(28)21-4-3-5-21;1-2/h6-17,21H,2-5H2,1H3,(H,27,29);2H,1H3. The zero-order chi connectivity index (χ0) is 22.2. The van der Waals surface area contributed by atoms with Crippen molar-refractivity contribution in [2.45, 2.75) is 32.6 Å². The van der Waals surface area contributed by atoms with Gasteiger partial charge < -0.3 is 10.4 Å². The van der Waals surface area contributed by atoms with Crippen LogP contribution in [-0.4, -0.2) is 23.9 Å². The predicted octanol–water partition coefficient (Wildman–Crippen LogP) is 5.76. The minimum atomic E-state index is -0.112. The second-order valence-corrected chi connectivity index (χ2v) is 7.65. The molecule has 0 aliphatic heterocycles. The molecule has 1 aliphatic carbocycles. The first kappa shape index (κ1) is 22.4. The molecule has 4 heteroatoms. The van der Waals surface area contributed by atoms with Crippen molar-refractivity contribution >= 4 is 17.4 Å². The molecule has 2 N–H and O–H groups in total. The quantitative estimate of drug-likeness (QED) is 0.503. The highest BCUT2D eigenvalue weighted by molar-refractivity contribution is 6.04. The van der Waals surface area contributed by atoms with Gasteiger partial charge in [-0.1, -0.05) is 61.9 Å². The second kappa shape index (κ2) is 10.7. The van der Waals surface area contributed by atoms with Crippen molar-refractivity contribution in [1.82, 2.24) is 0 Å². The Kier molecular flexibility index (Phi) is 7.74. The van der Waals surface area contributed by atoms with Gasteiger partial charge in [0.25, 0.3) is 5.91 Å². The van der Waals surface area contributed by atoms with Gasteiger partial charge in [-0.25, -0.2) is 0 Å². The lowest BCUT2D eigenvalue weighted by atomic mass is 9.80. The van der Waals surface area contributed by atoms with E-state index in [-0.39, 0.29) is 17.6 Å². The van der Waals surface area contributed by atoms with Crippen molar-refractivity contribution in [3.8, 4) is 11.1 Å². The fourth-order valence-electron chi connectivity index (χ4n) is 3.57. The normalized spacial score (nSPS) is 12.9. The molecule has 4 rings (SSSR count). The van der Waals surface area contributed by atoms with E-state index in [0.29, 0.717) is 5.56 Å². The number of Topliss-reactive ketones (excluding diaryl/α,β-unsaturated/α-hetero) is 1. The summed E-state index contributed by atoms with van der Waals surface area (Å²) in [4.78, 5) is 24.7. The first-order chi connectivity index (χ1) is 15.1. The molecule has 1 saturated carbocycles. The van der Waals surface area contributed by atoms with E-state index in [4.69, 9.17) is 5.11 Å². The molecule has 1 fully saturated rings. The summed E-state index contributed by atoms with van der Waals surface area (Å²) in [6.45, 7) is 2.09. The molecular formula is C27H29NO3. The Bertz CT molecular complexity index is 1000. The van der Waals surface area contributed by atoms with E-state index in [2.05, 4.69) is 12.2 Å². The molecular weight excluding hydrogens is 386 g/mol. The monoisotopic (exact) mass is 415 g/mol. The van der Waals surface area contributed by atoms with E-state index >= 15 is 0 Å². The van der Waals surface area contributed by atoms with E-state index in [1.807, 2.05) is 72.8 Å². The summed E-state index contributed by atoms with van der Waals surface area (Å²) in [5.74, 6) is 0.383. The Morgan fingerprint density at radius 2 is 1.32 bits per heavy atom. The third kappa shape index (κ3) is 5.47. The zero-order valence-corrected chi connectivity index (χ0v) is 18.1. The number of aliphatic hydroxyl groups excluding tert-OH is 1. The van der Waals surface area contributed by atoms with Gasteiger partial charge in [0, 0.05) is 29.8 Å². The van der Waals surface area contributed by atoms with E-state index in [1.165, 1.54) is 12.0 Å². The maximum Gasteiger partial charge on any atom is 0.255 e. The Balaban J connectivity index is 0.00000132. The van der Waals surface area contributed by atoms with Crippen LogP contribution in [0.1, 0.15) is 52.5 Å². The first-order valence-corrected chi connectivity index (χ1v) is 10.7. The number of rotatable bonds is 6. The summed E-state index contributed by atoms with van der Waals surface area (Å²) >= 11 is 0. The van der Waals surface area contributed by atoms with Crippen LogP contribution in [0.2, 0.25) is 0 Å². The fraction of sp³-hybridized carbons (Fsp3) is 0.259. The largest absolute Gasteiger partial charge is 0.400 e. The smallest absolute Gasteiger partial charge is 0.255 e. The molecule has 160 valence electrons. The summed E-state index contributed by atoms with van der Waals surface area (Å²) in [5.41, 5.74) is 5.54. The van der Waals surface area contributed by atoms with Crippen LogP contribution in [-0.2, 0) is 6.42 Å². The third-order valence-corrected chi connectivity index (χ3v) is 5.75. The molecule has 4 nitrogen and oxygen atoms in total. The first-order valence-electron chi connectivity index (χ1n) is 10.7. The zero-order valence-electron chi connectivity index (χ0n) is 18.1. The van der Waals surface area contributed by atoms with Gasteiger partial charge in [-0.05, 0) is 60.2 Å². The lowest BCUT2D eigenvalue weighted by molar-refractivity contribution is 0.0855. The molecule has 0 spiro atoms. The average Bonchev–Trinajstić information content (AvgIpc) is 2.80. The number of aryl methyl sites for hydroxylation is 1. The highest BCUT2D eigenvalue weighted by atomic mass is 16.2. The molecule has 0 saturated heterocycles. The maximum atomic E-state index is 12.4. The van der Waals surface area contributed by atoms with Gasteiger partial charge in [-0.15, -0.1) is 0 Å². The fourth-order valence-corrected chi connectivity index (χ4v) is 3.57. The van der Waals surface area contributed by atoms with Crippen LogP contribution < -0.4 is 5.32 Å². The third-order valence-electron chi connectivity index (χ3n) is 5.75. The van der Waals surface area contributed by atoms with Crippen LogP contribution in [0.15, 0.2) is 72.8 Å². The Morgan fingerprint density at radius 1 is 0.806 bits per heavy atom. The summed E-state index contributed by atoms with van der Waals surface area (Å²) in [6, 6.07) is 23.3. The Labute approximate surface area is 183 Å². The van der Waals surface area contributed by atoms with E-state index in [1.54, 1.807) is 0 Å². The predicted molar refractivity (Wildman–Crippen MR) is 125 cm³/mol. The SMILES string of the molecule is CCc1ccc(C(=O)Nc2ccc(-c3ccc(C(=O)C4CCC4)cc3)cc2)cc1.CO. The Morgan fingerprint density at radius 3 is 1.81 bits per heavy atom. The van der Waals surface area contributed by atoms with E-state index in [9.17, 15) is 9.59 Å². The van der Waals surface area contributed by atoms with Crippen molar-refractivity contribution in [2.75, 3.05) is 12.4 Å². The highest BCUT2D eigenvalue weighted by Gasteiger charge is 2.25. The molecule has 31 heavy (non-hydrogen) atoms.